The van der Waals surface area contributed by atoms with Gasteiger partial charge in [0, 0.05) is 24.8 Å². The summed E-state index contributed by atoms with van der Waals surface area (Å²) < 4.78 is 12.7. The smallest absolute Gasteiger partial charge is 0.123 e. The molecule has 1 aromatic carbocycles. The molecule has 1 heterocycles. The van der Waals surface area contributed by atoms with Crippen LogP contribution in [-0.2, 0) is 0 Å². The van der Waals surface area contributed by atoms with E-state index in [1.807, 2.05) is 26.0 Å². The molecule has 0 saturated carbocycles. The normalized spacial score (nSPS) is 16.6. The summed E-state index contributed by atoms with van der Waals surface area (Å²) in [5.74, 6) is -0.178. The molecular weight excluding hydrogens is 203 g/mol. The number of nitrogens with zero attached hydrogens (tertiary/aromatic N) is 1. The van der Waals surface area contributed by atoms with E-state index in [2.05, 4.69) is 4.90 Å². The van der Waals surface area contributed by atoms with E-state index in [-0.39, 0.29) is 5.82 Å². The molecule has 2 N–H and O–H groups in total. The lowest BCUT2D eigenvalue weighted by atomic mass is 10.1. The van der Waals surface area contributed by atoms with Gasteiger partial charge in [-0.05, 0) is 37.1 Å². The van der Waals surface area contributed by atoms with Crippen LogP contribution >= 0.6 is 0 Å². The van der Waals surface area contributed by atoms with Gasteiger partial charge < -0.3 is 10.6 Å². The lowest BCUT2D eigenvalue weighted by Crippen LogP contribution is -2.39. The van der Waals surface area contributed by atoms with E-state index in [1.165, 1.54) is 12.1 Å². The van der Waals surface area contributed by atoms with E-state index in [0.717, 1.165) is 31.6 Å². The molecule has 0 aliphatic carbocycles. The van der Waals surface area contributed by atoms with Crippen LogP contribution in [0.15, 0.2) is 24.3 Å². The van der Waals surface area contributed by atoms with Crippen LogP contribution in [0.1, 0.15) is 26.7 Å². The van der Waals surface area contributed by atoms with Crippen LogP contribution in [0.5, 0.6) is 0 Å². The van der Waals surface area contributed by atoms with Gasteiger partial charge in [-0.3, -0.25) is 0 Å². The van der Waals surface area contributed by atoms with E-state index < -0.39 is 0 Å². The molecule has 0 spiro atoms. The monoisotopic (exact) mass is 224 g/mol. The Bertz CT molecular complexity index is 289. The van der Waals surface area contributed by atoms with Gasteiger partial charge in [-0.2, -0.15) is 0 Å². The standard InChI is InChI=1S/C11H15FN2.C2H6/c12-9-1-3-11(4-2-9)14-7-5-10(13)6-8-14;1-2/h1-4,10H,5-8,13H2;1-2H3. The zero-order chi connectivity index (χ0) is 12.0. The quantitative estimate of drug-likeness (QED) is 0.794. The van der Waals surface area contributed by atoms with Crippen LogP contribution in [0.25, 0.3) is 0 Å². The Hall–Kier alpha value is -1.09. The molecule has 1 saturated heterocycles. The number of hydrogen-bond acceptors (Lipinski definition) is 2. The zero-order valence-corrected chi connectivity index (χ0v) is 10.1. The maximum atomic E-state index is 12.7. The second-order valence-electron chi connectivity index (χ2n) is 3.80. The van der Waals surface area contributed by atoms with Gasteiger partial charge in [-0.1, -0.05) is 13.8 Å². The summed E-state index contributed by atoms with van der Waals surface area (Å²) in [7, 11) is 0. The van der Waals surface area contributed by atoms with Crippen molar-refractivity contribution in [2.24, 2.45) is 5.73 Å². The molecule has 0 unspecified atom stereocenters. The third kappa shape index (κ3) is 3.49. The highest BCUT2D eigenvalue weighted by Crippen LogP contribution is 2.19. The van der Waals surface area contributed by atoms with Crippen molar-refractivity contribution in [2.75, 3.05) is 18.0 Å². The first-order valence-corrected chi connectivity index (χ1v) is 6.02. The van der Waals surface area contributed by atoms with Crippen LogP contribution in [-0.4, -0.2) is 19.1 Å². The summed E-state index contributed by atoms with van der Waals surface area (Å²) in [6, 6.07) is 7.00. The average molecular weight is 224 g/mol. The average Bonchev–Trinajstić information content (AvgIpc) is 2.34. The van der Waals surface area contributed by atoms with Crippen LogP contribution < -0.4 is 10.6 Å². The van der Waals surface area contributed by atoms with Crippen LogP contribution in [0, 0.1) is 5.82 Å². The van der Waals surface area contributed by atoms with E-state index in [4.69, 9.17) is 5.73 Å². The minimum absolute atomic E-state index is 0.178. The molecule has 2 nitrogen and oxygen atoms in total. The van der Waals surface area contributed by atoms with Gasteiger partial charge in [-0.15, -0.1) is 0 Å². The Morgan fingerprint density at radius 3 is 2.12 bits per heavy atom. The number of piperidine rings is 1. The van der Waals surface area contributed by atoms with Crippen molar-refractivity contribution < 1.29 is 4.39 Å². The Morgan fingerprint density at radius 1 is 1.12 bits per heavy atom. The Kier molecular flexibility index (Phi) is 5.26. The molecule has 0 bridgehead atoms. The van der Waals surface area contributed by atoms with Crippen molar-refractivity contribution in [3.63, 3.8) is 0 Å². The molecule has 0 aromatic heterocycles. The van der Waals surface area contributed by atoms with Crippen LogP contribution in [0.2, 0.25) is 0 Å². The third-order valence-corrected chi connectivity index (χ3v) is 2.73. The minimum atomic E-state index is -0.178. The van der Waals surface area contributed by atoms with Crippen LogP contribution in [0.3, 0.4) is 0 Å². The first-order valence-electron chi connectivity index (χ1n) is 6.02. The molecule has 0 radical (unpaired) electrons. The largest absolute Gasteiger partial charge is 0.371 e. The highest BCUT2D eigenvalue weighted by molar-refractivity contribution is 5.46. The second kappa shape index (κ2) is 6.48. The number of anilines is 1. The lowest BCUT2D eigenvalue weighted by Gasteiger charge is -2.31. The summed E-state index contributed by atoms with van der Waals surface area (Å²) in [4.78, 5) is 2.25. The van der Waals surface area contributed by atoms with Gasteiger partial charge in [0.1, 0.15) is 5.82 Å². The molecule has 3 heteroatoms. The summed E-state index contributed by atoms with van der Waals surface area (Å²) in [5, 5.41) is 0. The maximum Gasteiger partial charge on any atom is 0.123 e. The lowest BCUT2D eigenvalue weighted by molar-refractivity contribution is 0.501. The Labute approximate surface area is 97.3 Å². The van der Waals surface area contributed by atoms with E-state index in [0.29, 0.717) is 6.04 Å². The molecule has 0 amide bonds. The Morgan fingerprint density at radius 2 is 1.62 bits per heavy atom. The van der Waals surface area contributed by atoms with Crippen molar-refractivity contribution in [2.45, 2.75) is 32.7 Å². The molecule has 2 rings (SSSR count). The van der Waals surface area contributed by atoms with Crippen molar-refractivity contribution in [3.05, 3.63) is 30.1 Å². The summed E-state index contributed by atoms with van der Waals surface area (Å²) >= 11 is 0. The molecule has 1 aliphatic rings. The Balaban J connectivity index is 0.000000606. The van der Waals surface area contributed by atoms with Gasteiger partial charge in [0.25, 0.3) is 0 Å². The number of rotatable bonds is 1. The van der Waals surface area contributed by atoms with Crippen molar-refractivity contribution >= 4 is 5.69 Å². The molecule has 16 heavy (non-hydrogen) atoms. The predicted molar refractivity (Wildman–Crippen MR) is 67.2 cm³/mol. The van der Waals surface area contributed by atoms with Gasteiger partial charge in [0.05, 0.1) is 0 Å². The first-order chi connectivity index (χ1) is 7.75. The molecule has 0 atom stereocenters. The van der Waals surface area contributed by atoms with Crippen molar-refractivity contribution in [1.82, 2.24) is 0 Å². The summed E-state index contributed by atoms with van der Waals surface area (Å²) in [6.45, 7) is 5.96. The van der Waals surface area contributed by atoms with Crippen molar-refractivity contribution in [3.8, 4) is 0 Å². The van der Waals surface area contributed by atoms with E-state index >= 15 is 0 Å². The minimum Gasteiger partial charge on any atom is -0.371 e. The molecule has 1 fully saturated rings. The molecule has 1 aliphatic heterocycles. The highest BCUT2D eigenvalue weighted by Gasteiger charge is 2.15. The van der Waals surface area contributed by atoms with E-state index in [9.17, 15) is 4.39 Å². The predicted octanol–water partition coefficient (Wildman–Crippen LogP) is 2.78. The number of benzene rings is 1. The first kappa shape index (κ1) is 13.0. The fourth-order valence-electron chi connectivity index (χ4n) is 1.81. The summed E-state index contributed by atoms with van der Waals surface area (Å²) in [5.41, 5.74) is 6.91. The fourth-order valence-corrected chi connectivity index (χ4v) is 1.81. The van der Waals surface area contributed by atoms with Crippen molar-refractivity contribution in [1.29, 1.82) is 0 Å². The molecule has 90 valence electrons. The molecule has 1 aromatic rings. The SMILES string of the molecule is CC.NC1CCN(c2ccc(F)cc2)CC1. The maximum absolute atomic E-state index is 12.7. The fraction of sp³-hybridized carbons (Fsp3) is 0.538. The number of hydrogen-bond donors (Lipinski definition) is 1. The number of halogens is 1. The number of nitrogens with two attached hydrogens (primary N) is 1. The zero-order valence-electron chi connectivity index (χ0n) is 10.1. The second-order valence-corrected chi connectivity index (χ2v) is 3.80. The highest BCUT2D eigenvalue weighted by atomic mass is 19.1. The third-order valence-electron chi connectivity index (χ3n) is 2.73. The topological polar surface area (TPSA) is 29.3 Å². The van der Waals surface area contributed by atoms with E-state index in [1.54, 1.807) is 0 Å². The molecular formula is C13H21FN2. The summed E-state index contributed by atoms with van der Waals surface area (Å²) in [6.07, 6.45) is 2.05. The van der Waals surface area contributed by atoms with Gasteiger partial charge in [0.2, 0.25) is 0 Å². The van der Waals surface area contributed by atoms with Crippen LogP contribution in [0.4, 0.5) is 10.1 Å². The van der Waals surface area contributed by atoms with Gasteiger partial charge in [0.15, 0.2) is 0 Å². The van der Waals surface area contributed by atoms with Gasteiger partial charge in [-0.25, -0.2) is 4.39 Å². The van der Waals surface area contributed by atoms with Gasteiger partial charge >= 0.3 is 0 Å².